The molecule has 6 heterocycles. The van der Waals surface area contributed by atoms with Crippen LogP contribution in [0.4, 0.5) is 51.7 Å². The van der Waals surface area contributed by atoms with Crippen LogP contribution >= 0.6 is 11.6 Å². The number of nitrogens with two attached hydrogens (primary N) is 3. The molecule has 117 heavy (non-hydrogen) atoms. The lowest BCUT2D eigenvalue weighted by atomic mass is 9.72. The third kappa shape index (κ3) is 24.8. The molecule has 4 fully saturated rings. The maximum Gasteiger partial charge on any atom is 0.416 e. The number of ether oxygens (including phenoxy) is 4. The number of pyridine rings is 1. The minimum absolute atomic E-state index is 0.0217. The predicted octanol–water partition coefficient (Wildman–Crippen LogP) is 8.51. The number of sulfonamides is 2. The molecule has 1 aliphatic carbocycles. The summed E-state index contributed by atoms with van der Waals surface area (Å²) >= 11 is 6.54. The Bertz CT molecular complexity index is 5270. The Hall–Kier alpha value is -10.4. The molecule has 7 aromatic rings. The topological polar surface area (TPSA) is 484 Å². The molecule has 43 heteroatoms. The molecule has 4 aliphatic heterocycles. The lowest BCUT2D eigenvalue weighted by Crippen LogP contribution is -2.47. The number of aromatic nitrogens is 2. The van der Waals surface area contributed by atoms with Crippen molar-refractivity contribution in [3.63, 3.8) is 0 Å². The van der Waals surface area contributed by atoms with Crippen molar-refractivity contribution in [2.75, 3.05) is 133 Å². The average molecular weight is 1720 g/mol. The third-order valence-electron chi connectivity index (χ3n) is 19.7. The van der Waals surface area contributed by atoms with E-state index in [1.165, 1.54) is 56.4 Å². The molecule has 0 radical (unpaired) electrons. The number of sulfone groups is 1. The number of fused-ring (bicyclic) bond motifs is 1. The highest BCUT2D eigenvalue weighted by Crippen LogP contribution is 2.46. The second-order valence-corrected chi connectivity index (χ2v) is 34.2. The number of allylic oxidation sites excluding steroid dienone is 1. The van der Waals surface area contributed by atoms with Gasteiger partial charge in [-0.05, 0) is 109 Å². The lowest BCUT2D eigenvalue weighted by molar-refractivity contribution is -0.387. The monoisotopic (exact) mass is 1710 g/mol. The Morgan fingerprint density at radius 3 is 1.69 bits per heavy atom. The van der Waals surface area contributed by atoms with Gasteiger partial charge in [-0.1, -0.05) is 37.1 Å². The van der Waals surface area contributed by atoms with Crippen molar-refractivity contribution in [1.29, 1.82) is 0 Å². The summed E-state index contributed by atoms with van der Waals surface area (Å²) in [6.07, 6.45) is 0.363. The van der Waals surface area contributed by atoms with Crippen molar-refractivity contribution in [3.05, 3.63) is 179 Å². The number of hydrogen-bond donors (Lipinski definition) is 6. The van der Waals surface area contributed by atoms with Crippen LogP contribution in [-0.4, -0.2) is 229 Å². The van der Waals surface area contributed by atoms with Crippen LogP contribution in [0.15, 0.2) is 136 Å². The van der Waals surface area contributed by atoms with Crippen molar-refractivity contribution in [1.82, 2.24) is 29.6 Å². The first-order chi connectivity index (χ1) is 55.0. The van der Waals surface area contributed by atoms with Crippen LogP contribution in [0.1, 0.15) is 75.4 Å². The second-order valence-electron chi connectivity index (χ2n) is 28.6. The zero-order valence-corrected chi connectivity index (χ0v) is 67.3. The van der Waals surface area contributed by atoms with E-state index in [-0.39, 0.29) is 81.0 Å². The highest BCUT2D eigenvalue weighted by Gasteiger charge is 2.36. The predicted molar refractivity (Wildman–Crippen MR) is 423 cm³/mol. The van der Waals surface area contributed by atoms with E-state index < -0.39 is 107 Å². The number of rotatable bonds is 22. The number of nitro benzene ring substituents is 3. The number of morpholine rings is 3. The number of hydrogen-bond acceptors (Lipinski definition) is 26. The number of nitrogens with zero attached hydrogens (tertiary/aromatic N) is 9. The summed E-state index contributed by atoms with van der Waals surface area (Å²) in [5, 5.41) is 49.9. The van der Waals surface area contributed by atoms with Crippen LogP contribution in [0.5, 0.6) is 11.5 Å². The first-order valence-electron chi connectivity index (χ1n) is 36.4. The Morgan fingerprint density at radius 2 is 1.18 bits per heavy atom. The normalized spacial score (nSPS) is 18.0. The number of aromatic amines is 1. The molecule has 0 spiro atoms. The summed E-state index contributed by atoms with van der Waals surface area (Å²) in [6, 6.07) is 20.9. The van der Waals surface area contributed by atoms with E-state index in [2.05, 4.69) is 44.2 Å². The number of nitro groups is 3. The Kier molecular flexibility index (Phi) is 30.0. The summed E-state index contributed by atoms with van der Waals surface area (Å²) in [4.78, 5) is 94.9. The highest BCUT2D eigenvalue weighted by molar-refractivity contribution is 7.92. The largest absolute Gasteiger partial charge is 0.455 e. The molecular formula is C74H88ClF4N15O20S3. The van der Waals surface area contributed by atoms with E-state index in [0.29, 0.717) is 134 Å². The van der Waals surface area contributed by atoms with E-state index in [1.807, 2.05) is 0 Å². The van der Waals surface area contributed by atoms with Gasteiger partial charge in [0.2, 0.25) is 43.6 Å². The number of anilines is 3. The standard InChI is InChI=1S/C48H51ClF3N7O8S.C13H18N4O6S.C7H14N2O2.C6H5FN2O4S/c1-30(60)58-18-19-66-36(28-58)26-54-42-9-6-37(23-43(42)59(62)63)68(64,65)29-44(61)39-8-5-34(22-45(39)67-35-20-31-11-13-53-46(31)55-25-35)57-16-14-56(15-17-57)27-32-10-12-47(2,3)24-40(32)38-7-4-33(21-41(38)49)48(50,51)52;1-9(18)16-4-5-23-10(8-16)7-15-12-3-2-11(24(14,21)22)6-13(12)17(19)20;1-6(10)9-2-3-11-7(4-8)5-9;7-5-2-1-4(14(8,12)13)3-6(5)9(10)11/h4-9,11,13,20-23,25,36,54H,10,12,14-19,24,26-29H2,1-3H3,(H,53,55);2-3,6,10,15H,4-5,7-8H2,1H3,(H2,14,21,22);7H,2-5,8H2,1H3;1-3H,(H2,8,12,13). The SMILES string of the molecule is CC(=O)N1CCOC(CN)C1.CC(=O)N1CCOC(CNc2ccc(S(=O)(=O)CC(=O)c3ccc(N4CCN(CC5=C(c6ccc(C(F)(F)F)cc6Cl)CC(C)(C)CC5)CC4)cc3Oc3cnc4[nH]ccc4c3)cc2[N+](=O)[O-])C1.CC(=O)N1CCOC(CNc2ccc(S(N)(=O)=O)cc2[N+](=O)[O-])C1.NS(=O)(=O)c1ccc(F)c([N+](=O)[O-])c1. The molecule has 2 aromatic heterocycles. The smallest absolute Gasteiger partial charge is 0.416 e. The first-order valence-corrected chi connectivity index (χ1v) is 41.5. The number of benzene rings is 5. The number of H-pyrrole nitrogens is 1. The van der Waals surface area contributed by atoms with Crippen molar-refractivity contribution in [2.24, 2.45) is 21.4 Å². The molecule has 0 saturated carbocycles. The van der Waals surface area contributed by atoms with Crippen LogP contribution in [0.25, 0.3) is 16.6 Å². The zero-order chi connectivity index (χ0) is 85.6. The van der Waals surface area contributed by atoms with Crippen LogP contribution < -0.4 is 36.3 Å². The highest BCUT2D eigenvalue weighted by atomic mass is 35.5. The molecule has 4 saturated heterocycles. The Morgan fingerprint density at radius 1 is 0.667 bits per heavy atom. The summed E-state index contributed by atoms with van der Waals surface area (Å²) in [7, 11) is -12.5. The molecule has 5 aliphatic rings. The van der Waals surface area contributed by atoms with Gasteiger partial charge in [0.1, 0.15) is 34.3 Å². The molecule has 5 aromatic carbocycles. The van der Waals surface area contributed by atoms with Crippen molar-refractivity contribution in [3.8, 4) is 11.5 Å². The number of nitrogens with one attached hydrogen (secondary N) is 3. The number of carbonyl (C=O) groups is 4. The van der Waals surface area contributed by atoms with Gasteiger partial charge >= 0.3 is 11.9 Å². The van der Waals surface area contributed by atoms with Crippen LogP contribution in [0.2, 0.25) is 5.02 Å². The molecule has 35 nitrogen and oxygen atoms in total. The minimum atomic E-state index is -4.50. The minimum Gasteiger partial charge on any atom is -0.455 e. The molecular weight excluding hydrogens is 1630 g/mol. The van der Waals surface area contributed by atoms with Gasteiger partial charge in [0.05, 0.1) is 84.9 Å². The quantitative estimate of drug-likeness (QED) is 0.0160. The maximum absolute atomic E-state index is 14.1. The van der Waals surface area contributed by atoms with E-state index in [0.717, 1.165) is 65.4 Å². The number of halogens is 5. The second kappa shape index (κ2) is 38.8. The van der Waals surface area contributed by atoms with Crippen LogP contribution in [0.3, 0.4) is 0 Å². The average Bonchev–Trinajstić information content (AvgIpc) is 0.956. The summed E-state index contributed by atoms with van der Waals surface area (Å²) < 4.78 is 148. The maximum atomic E-state index is 14.1. The molecule has 3 unspecified atom stereocenters. The van der Waals surface area contributed by atoms with Gasteiger partial charge in [0.25, 0.3) is 11.4 Å². The molecule has 12 rings (SSSR count). The van der Waals surface area contributed by atoms with Crippen molar-refractivity contribution in [2.45, 2.75) is 93.1 Å². The Balaban J connectivity index is 0.000000255. The number of piperazine rings is 1. The van der Waals surface area contributed by atoms with E-state index in [4.69, 9.17) is 46.6 Å². The molecule has 0 bridgehead atoms. The van der Waals surface area contributed by atoms with Gasteiger partial charge < -0.3 is 59.9 Å². The number of amides is 3. The fraction of sp³-hybridized carbons (Fsp3) is 0.419. The molecule has 632 valence electrons. The van der Waals surface area contributed by atoms with Gasteiger partial charge in [0.15, 0.2) is 15.6 Å². The van der Waals surface area contributed by atoms with E-state index >= 15 is 0 Å². The molecule has 3 atom stereocenters. The fourth-order valence-electron chi connectivity index (χ4n) is 13.3. The first kappa shape index (κ1) is 90.5. The number of ketones is 1. The number of primary sulfonamides is 2. The van der Waals surface area contributed by atoms with Gasteiger partial charge in [0, 0.05) is 159 Å². The third-order valence-corrected chi connectivity index (χ3v) is 23.4. The summed E-state index contributed by atoms with van der Waals surface area (Å²) in [5.74, 6) is -2.60. The summed E-state index contributed by atoms with van der Waals surface area (Å²) in [5.41, 5.74) is 7.00. The number of carbonyl (C=O) groups excluding carboxylic acids is 4. The number of alkyl halides is 3. The van der Waals surface area contributed by atoms with Gasteiger partial charge in [-0.25, -0.2) is 40.5 Å². The fourth-order valence-corrected chi connectivity index (χ4v) is 15.9. The van der Waals surface area contributed by atoms with Gasteiger partial charge in [-0.3, -0.25) is 54.4 Å². The van der Waals surface area contributed by atoms with E-state index in [1.54, 1.807) is 52.1 Å². The van der Waals surface area contributed by atoms with Crippen molar-refractivity contribution < 1.29 is 95.7 Å². The summed E-state index contributed by atoms with van der Waals surface area (Å²) in [6.45, 7) is 17.0. The van der Waals surface area contributed by atoms with Crippen molar-refractivity contribution >= 4 is 116 Å². The zero-order valence-electron chi connectivity index (χ0n) is 64.1. The van der Waals surface area contributed by atoms with E-state index in [9.17, 15) is 92.3 Å². The van der Waals surface area contributed by atoms with Gasteiger partial charge in [-0.2, -0.15) is 17.6 Å². The molecule has 3 amide bonds. The lowest BCUT2D eigenvalue weighted by Gasteiger charge is -2.39. The Labute approximate surface area is 675 Å². The molecule has 9 N–H and O–H groups in total. The van der Waals surface area contributed by atoms with Crippen LogP contribution in [-0.2, 0) is 64.7 Å². The van der Waals surface area contributed by atoms with Crippen LogP contribution in [0, 0.1) is 41.6 Å². The van der Waals surface area contributed by atoms with Gasteiger partial charge in [-0.15, -0.1) is 0 Å². The number of Topliss-reactive ketones (excluding diaryl/α,β-unsaturated/α-hetero) is 1.